The Morgan fingerprint density at radius 3 is 2.70 bits per heavy atom. The lowest BCUT2D eigenvalue weighted by molar-refractivity contribution is -0.119. The van der Waals surface area contributed by atoms with Crippen molar-refractivity contribution in [3.05, 3.63) is 78.6 Å². The van der Waals surface area contributed by atoms with Gasteiger partial charge in [-0.3, -0.25) is 4.79 Å². The quantitative estimate of drug-likeness (QED) is 0.336. The number of rotatable bonds is 10. The number of thioether (sulfide) groups is 1. The Labute approximate surface area is 198 Å². The predicted octanol–water partition coefficient (Wildman–Crippen LogP) is 5.02. The van der Waals surface area contributed by atoms with E-state index in [1.54, 1.807) is 6.20 Å². The van der Waals surface area contributed by atoms with Gasteiger partial charge in [0.1, 0.15) is 10.8 Å². The van der Waals surface area contributed by atoms with E-state index in [0.29, 0.717) is 12.4 Å². The van der Waals surface area contributed by atoms with Crippen LogP contribution in [0, 0.1) is 0 Å². The van der Waals surface area contributed by atoms with Crippen LogP contribution < -0.4 is 10.1 Å². The molecule has 0 fully saturated rings. The number of carbonyl (C=O) groups is 1. The topological polar surface area (TPSA) is 68.5 Å². The van der Waals surface area contributed by atoms with Gasteiger partial charge in [-0.2, -0.15) is 5.10 Å². The van der Waals surface area contributed by atoms with Gasteiger partial charge in [0.2, 0.25) is 5.91 Å². The first kappa shape index (κ1) is 22.9. The van der Waals surface area contributed by atoms with Crippen molar-refractivity contribution in [2.24, 2.45) is 0 Å². The predicted molar refractivity (Wildman–Crippen MR) is 133 cm³/mol. The Hall–Kier alpha value is -3.32. The summed E-state index contributed by atoms with van der Waals surface area (Å²) in [6, 6.07) is 20.3. The van der Waals surface area contributed by atoms with Crippen LogP contribution in [0.4, 0.5) is 0 Å². The highest BCUT2D eigenvalue weighted by Crippen LogP contribution is 2.27. The molecule has 4 aromatic rings. The van der Waals surface area contributed by atoms with Gasteiger partial charge in [-0.1, -0.05) is 42.1 Å². The molecule has 1 unspecified atom stereocenters. The van der Waals surface area contributed by atoms with Crippen molar-refractivity contribution in [3.8, 4) is 17.0 Å². The Balaban J connectivity index is 1.35. The molecule has 0 aliphatic heterocycles. The van der Waals surface area contributed by atoms with Crippen LogP contribution in [0.1, 0.15) is 25.8 Å². The summed E-state index contributed by atoms with van der Waals surface area (Å²) in [4.78, 5) is 17.0. The number of hydrogen-bond donors (Lipinski definition) is 1. The van der Waals surface area contributed by atoms with Crippen molar-refractivity contribution in [1.82, 2.24) is 19.9 Å². The SMILES string of the molecule is CCOc1ccc(-c2cc3c(SCC(=O)NC(C)CCc4ccccc4)nccn3n2)cc1. The molecule has 6 nitrogen and oxygen atoms in total. The molecular formula is C26H28N4O2S. The summed E-state index contributed by atoms with van der Waals surface area (Å²) < 4.78 is 7.32. The fourth-order valence-corrected chi connectivity index (χ4v) is 4.38. The first-order valence-electron chi connectivity index (χ1n) is 11.2. The molecule has 0 aliphatic carbocycles. The number of carbonyl (C=O) groups excluding carboxylic acids is 1. The third-order valence-corrected chi connectivity index (χ3v) is 6.27. The maximum atomic E-state index is 12.5. The molecule has 0 aliphatic rings. The lowest BCUT2D eigenvalue weighted by Gasteiger charge is -2.13. The molecule has 170 valence electrons. The van der Waals surface area contributed by atoms with Crippen LogP contribution in [-0.4, -0.2) is 38.9 Å². The molecule has 0 spiro atoms. The van der Waals surface area contributed by atoms with Crippen LogP contribution in [-0.2, 0) is 11.2 Å². The van der Waals surface area contributed by atoms with Gasteiger partial charge in [0.15, 0.2) is 0 Å². The second kappa shape index (κ2) is 11.0. The monoisotopic (exact) mass is 460 g/mol. The number of amides is 1. The van der Waals surface area contributed by atoms with Gasteiger partial charge >= 0.3 is 0 Å². The smallest absolute Gasteiger partial charge is 0.230 e. The average molecular weight is 461 g/mol. The van der Waals surface area contributed by atoms with Gasteiger partial charge in [0.25, 0.3) is 0 Å². The van der Waals surface area contributed by atoms with E-state index < -0.39 is 0 Å². The Morgan fingerprint density at radius 1 is 1.15 bits per heavy atom. The number of nitrogens with zero attached hydrogens (tertiary/aromatic N) is 3. The molecule has 4 rings (SSSR count). The molecule has 0 bridgehead atoms. The molecule has 0 saturated heterocycles. The van der Waals surface area contributed by atoms with E-state index in [9.17, 15) is 4.79 Å². The Morgan fingerprint density at radius 2 is 1.94 bits per heavy atom. The number of aromatic nitrogens is 3. The minimum Gasteiger partial charge on any atom is -0.494 e. The zero-order valence-corrected chi connectivity index (χ0v) is 19.7. The number of benzene rings is 2. The summed E-state index contributed by atoms with van der Waals surface area (Å²) in [7, 11) is 0. The first-order chi connectivity index (χ1) is 16.1. The van der Waals surface area contributed by atoms with Gasteiger partial charge in [-0.15, -0.1) is 0 Å². The summed E-state index contributed by atoms with van der Waals surface area (Å²) in [5.41, 5.74) is 4.03. The van der Waals surface area contributed by atoms with Crippen molar-refractivity contribution in [2.75, 3.05) is 12.4 Å². The number of aryl methyl sites for hydroxylation is 1. The average Bonchev–Trinajstić information content (AvgIpc) is 3.28. The highest BCUT2D eigenvalue weighted by Gasteiger charge is 2.13. The number of hydrogen-bond acceptors (Lipinski definition) is 5. The van der Waals surface area contributed by atoms with E-state index in [4.69, 9.17) is 4.74 Å². The van der Waals surface area contributed by atoms with Crippen LogP contribution in [0.25, 0.3) is 16.8 Å². The van der Waals surface area contributed by atoms with E-state index in [-0.39, 0.29) is 11.9 Å². The van der Waals surface area contributed by atoms with Crippen LogP contribution in [0.15, 0.2) is 78.1 Å². The first-order valence-corrected chi connectivity index (χ1v) is 12.1. The van der Waals surface area contributed by atoms with Gasteiger partial charge in [0.05, 0.1) is 23.6 Å². The van der Waals surface area contributed by atoms with Crippen molar-refractivity contribution < 1.29 is 9.53 Å². The number of fused-ring (bicyclic) bond motifs is 1. The maximum absolute atomic E-state index is 12.5. The molecule has 7 heteroatoms. The second-order valence-electron chi connectivity index (χ2n) is 7.83. The van der Waals surface area contributed by atoms with Crippen LogP contribution in [0.5, 0.6) is 5.75 Å². The molecule has 1 amide bonds. The lowest BCUT2D eigenvalue weighted by atomic mass is 10.1. The number of ether oxygens (including phenoxy) is 1. The van der Waals surface area contributed by atoms with E-state index >= 15 is 0 Å². The molecule has 33 heavy (non-hydrogen) atoms. The third kappa shape index (κ3) is 6.14. The van der Waals surface area contributed by atoms with E-state index in [2.05, 4.69) is 27.5 Å². The van der Waals surface area contributed by atoms with Crippen LogP contribution >= 0.6 is 11.8 Å². The van der Waals surface area contributed by atoms with Crippen molar-refractivity contribution in [1.29, 1.82) is 0 Å². The van der Waals surface area contributed by atoms with Gasteiger partial charge in [-0.05, 0) is 62.6 Å². The fourth-order valence-electron chi connectivity index (χ4n) is 3.59. The third-order valence-electron chi connectivity index (χ3n) is 5.27. The summed E-state index contributed by atoms with van der Waals surface area (Å²) in [5, 5.41) is 8.55. The summed E-state index contributed by atoms with van der Waals surface area (Å²) in [5.74, 6) is 1.16. The van der Waals surface area contributed by atoms with Gasteiger partial charge in [-0.25, -0.2) is 9.50 Å². The summed E-state index contributed by atoms with van der Waals surface area (Å²) >= 11 is 1.43. The standard InChI is InChI=1S/C26H28N4O2S/c1-3-32-22-13-11-21(12-14-22)23-17-24-26(27-15-16-30(24)29-23)33-18-25(31)28-19(2)9-10-20-7-5-4-6-8-20/h4-8,11-17,19H,3,9-10,18H2,1-2H3,(H,28,31). The zero-order valence-electron chi connectivity index (χ0n) is 18.9. The number of nitrogens with one attached hydrogen (secondary N) is 1. The molecule has 1 atom stereocenters. The molecule has 0 saturated carbocycles. The van der Waals surface area contributed by atoms with Gasteiger partial charge in [0, 0.05) is 24.0 Å². The van der Waals surface area contributed by atoms with E-state index in [1.165, 1.54) is 17.3 Å². The van der Waals surface area contributed by atoms with Crippen molar-refractivity contribution >= 4 is 23.2 Å². The highest BCUT2D eigenvalue weighted by molar-refractivity contribution is 8.00. The molecular weight excluding hydrogens is 432 g/mol. The second-order valence-corrected chi connectivity index (χ2v) is 8.79. The maximum Gasteiger partial charge on any atom is 0.230 e. The fraction of sp³-hybridized carbons (Fsp3) is 0.269. The van der Waals surface area contributed by atoms with E-state index in [1.807, 2.05) is 73.1 Å². The highest BCUT2D eigenvalue weighted by atomic mass is 32.2. The molecule has 2 aromatic heterocycles. The lowest BCUT2D eigenvalue weighted by Crippen LogP contribution is -2.34. The van der Waals surface area contributed by atoms with Crippen LogP contribution in [0.2, 0.25) is 0 Å². The summed E-state index contributed by atoms with van der Waals surface area (Å²) in [6.45, 7) is 4.65. The Bertz CT molecular complexity index is 1190. The molecule has 1 N–H and O–H groups in total. The van der Waals surface area contributed by atoms with Gasteiger partial charge < -0.3 is 10.1 Å². The Kier molecular flexibility index (Phi) is 7.62. The normalized spacial score (nSPS) is 11.9. The van der Waals surface area contributed by atoms with E-state index in [0.717, 1.165) is 40.4 Å². The van der Waals surface area contributed by atoms with Crippen molar-refractivity contribution in [3.63, 3.8) is 0 Å². The summed E-state index contributed by atoms with van der Waals surface area (Å²) in [6.07, 6.45) is 5.39. The minimum atomic E-state index is 0.00983. The van der Waals surface area contributed by atoms with Crippen molar-refractivity contribution in [2.45, 2.75) is 37.8 Å². The van der Waals surface area contributed by atoms with Crippen LogP contribution in [0.3, 0.4) is 0 Å². The zero-order chi connectivity index (χ0) is 23.0. The molecule has 0 radical (unpaired) electrons. The molecule has 2 aromatic carbocycles. The minimum absolute atomic E-state index is 0.00983. The molecule has 2 heterocycles. The largest absolute Gasteiger partial charge is 0.494 e.